The van der Waals surface area contributed by atoms with Gasteiger partial charge in [0.15, 0.2) is 0 Å². The number of aliphatic hydroxyl groups is 1. The molecule has 1 saturated carbocycles. The highest BCUT2D eigenvalue weighted by Gasteiger charge is 2.52. The summed E-state index contributed by atoms with van der Waals surface area (Å²) in [7, 11) is 1.81. The predicted molar refractivity (Wildman–Crippen MR) is 146 cm³/mol. The number of piperidine rings is 1. The Labute approximate surface area is 228 Å². The first kappa shape index (κ1) is 27.6. The van der Waals surface area contributed by atoms with E-state index >= 15 is 0 Å². The summed E-state index contributed by atoms with van der Waals surface area (Å²) in [6.45, 7) is 7.61. The zero-order chi connectivity index (χ0) is 26.7. The lowest BCUT2D eigenvalue weighted by Gasteiger charge is -2.56. The monoisotopic (exact) mass is 544 g/mol. The van der Waals surface area contributed by atoms with Gasteiger partial charge >= 0.3 is 5.97 Å². The van der Waals surface area contributed by atoms with Crippen LogP contribution in [-0.2, 0) is 21.4 Å². The van der Waals surface area contributed by atoms with Gasteiger partial charge in [-0.25, -0.2) is 0 Å². The van der Waals surface area contributed by atoms with Crippen molar-refractivity contribution in [3.8, 4) is 5.75 Å². The van der Waals surface area contributed by atoms with Crippen LogP contribution in [0.5, 0.6) is 5.75 Å². The first-order valence-electron chi connectivity index (χ1n) is 12.6. The summed E-state index contributed by atoms with van der Waals surface area (Å²) in [5, 5.41) is 12.4. The summed E-state index contributed by atoms with van der Waals surface area (Å²) in [5.41, 5.74) is 1.46. The van der Waals surface area contributed by atoms with Gasteiger partial charge in [0.1, 0.15) is 5.75 Å². The van der Waals surface area contributed by atoms with Gasteiger partial charge in [0, 0.05) is 44.4 Å². The Balaban J connectivity index is 1.63. The van der Waals surface area contributed by atoms with Gasteiger partial charge in [0.05, 0.1) is 22.6 Å². The molecule has 1 aliphatic carbocycles. The van der Waals surface area contributed by atoms with Gasteiger partial charge in [-0.15, -0.1) is 6.58 Å². The zero-order valence-electron chi connectivity index (χ0n) is 21.3. The molecule has 0 bridgehead atoms. The predicted octanol–water partition coefficient (Wildman–Crippen LogP) is 4.89. The molecular formula is C29H34Cl2N2O4. The van der Waals surface area contributed by atoms with Crippen LogP contribution in [0, 0.1) is 5.92 Å². The largest absolute Gasteiger partial charge is 0.427 e. The van der Waals surface area contributed by atoms with Crippen LogP contribution < -0.4 is 4.74 Å². The van der Waals surface area contributed by atoms with Crippen molar-refractivity contribution < 1.29 is 19.4 Å². The fourth-order valence-corrected chi connectivity index (χ4v) is 6.41. The van der Waals surface area contributed by atoms with Crippen LogP contribution in [0.4, 0.5) is 0 Å². The van der Waals surface area contributed by atoms with Gasteiger partial charge < -0.3 is 14.7 Å². The minimum atomic E-state index is -0.594. The standard InChI is InChI=1S/C29H34Cl2N2O4/c1-4-11-33-12-10-29(21-6-5-7-23(15-21)37-19(2)34)17-22(16-27(35)24(29)18-33)32(3)28(36)14-20-8-9-25(30)26(31)13-20/h4-9,13,15,22,24,27,35H,1,10-12,14,16-18H2,2-3H3. The number of esters is 1. The average molecular weight is 546 g/mol. The topological polar surface area (TPSA) is 70.1 Å². The number of rotatable bonds is 7. The molecular weight excluding hydrogens is 511 g/mol. The third kappa shape index (κ3) is 6.04. The van der Waals surface area contributed by atoms with Crippen molar-refractivity contribution >= 4 is 35.1 Å². The summed E-state index contributed by atoms with van der Waals surface area (Å²) in [6, 6.07) is 12.7. The molecule has 0 spiro atoms. The van der Waals surface area contributed by atoms with E-state index in [9.17, 15) is 14.7 Å². The summed E-state index contributed by atoms with van der Waals surface area (Å²) in [6.07, 6.45) is 3.53. The summed E-state index contributed by atoms with van der Waals surface area (Å²) >= 11 is 12.2. The highest BCUT2D eigenvalue weighted by atomic mass is 35.5. The number of aliphatic hydroxyl groups excluding tert-OH is 1. The molecule has 2 aromatic carbocycles. The second kappa shape index (κ2) is 11.6. The van der Waals surface area contributed by atoms with Crippen LogP contribution in [0.2, 0.25) is 10.0 Å². The summed E-state index contributed by atoms with van der Waals surface area (Å²) in [5.74, 6) is 0.0547. The molecule has 4 rings (SSSR count). The number of nitrogens with zero attached hydrogens (tertiary/aromatic N) is 2. The lowest BCUT2D eigenvalue weighted by molar-refractivity contribution is -0.136. The lowest BCUT2D eigenvalue weighted by Crippen LogP contribution is -2.61. The van der Waals surface area contributed by atoms with E-state index in [1.807, 2.05) is 31.3 Å². The smallest absolute Gasteiger partial charge is 0.308 e. The maximum atomic E-state index is 13.3. The highest BCUT2D eigenvalue weighted by molar-refractivity contribution is 6.42. The van der Waals surface area contributed by atoms with Crippen molar-refractivity contribution in [1.29, 1.82) is 0 Å². The molecule has 1 N–H and O–H groups in total. The Kier molecular flexibility index (Phi) is 8.64. The minimum absolute atomic E-state index is 0.0244. The average Bonchev–Trinajstić information content (AvgIpc) is 2.86. The van der Waals surface area contributed by atoms with Crippen LogP contribution in [0.25, 0.3) is 0 Å². The SMILES string of the molecule is C=CCN1CCC2(c3cccc(OC(C)=O)c3)CC(N(C)C(=O)Cc3ccc(Cl)c(Cl)c3)CC(O)C2C1. The number of likely N-dealkylation sites (tertiary alicyclic amines) is 1. The van der Waals surface area contributed by atoms with E-state index in [0.717, 1.165) is 37.2 Å². The Morgan fingerprint density at radius 2 is 2.03 bits per heavy atom. The normalized spacial score (nSPS) is 25.7. The third-order valence-corrected chi connectivity index (χ3v) is 8.69. The Morgan fingerprint density at radius 1 is 1.24 bits per heavy atom. The van der Waals surface area contributed by atoms with Crippen molar-refractivity contribution in [3.63, 3.8) is 0 Å². The molecule has 37 heavy (non-hydrogen) atoms. The van der Waals surface area contributed by atoms with Crippen molar-refractivity contribution in [3.05, 3.63) is 76.3 Å². The van der Waals surface area contributed by atoms with Crippen LogP contribution in [-0.4, -0.2) is 65.6 Å². The first-order chi connectivity index (χ1) is 17.6. The summed E-state index contributed by atoms with van der Waals surface area (Å²) < 4.78 is 5.40. The molecule has 2 aromatic rings. The second-order valence-corrected chi connectivity index (χ2v) is 11.1. The number of carbonyl (C=O) groups excluding carboxylic acids is 2. The molecule has 8 heteroatoms. The van der Waals surface area contributed by atoms with Crippen molar-refractivity contribution in [2.45, 2.75) is 50.2 Å². The van der Waals surface area contributed by atoms with E-state index in [2.05, 4.69) is 17.5 Å². The molecule has 6 nitrogen and oxygen atoms in total. The molecule has 1 amide bonds. The molecule has 4 unspecified atom stereocenters. The van der Waals surface area contributed by atoms with E-state index in [4.69, 9.17) is 27.9 Å². The molecule has 0 aromatic heterocycles. The number of amides is 1. The fourth-order valence-electron chi connectivity index (χ4n) is 6.08. The molecule has 4 atom stereocenters. The molecule has 1 heterocycles. The van der Waals surface area contributed by atoms with Gasteiger partial charge in [0.2, 0.25) is 5.91 Å². The van der Waals surface area contributed by atoms with Crippen molar-refractivity contribution in [1.82, 2.24) is 9.80 Å². The highest BCUT2D eigenvalue weighted by Crippen LogP contribution is 2.50. The number of fused-ring (bicyclic) bond motifs is 1. The number of hydrogen-bond acceptors (Lipinski definition) is 5. The molecule has 2 aliphatic rings. The van der Waals surface area contributed by atoms with E-state index < -0.39 is 6.10 Å². The zero-order valence-corrected chi connectivity index (χ0v) is 22.8. The molecule has 0 radical (unpaired) electrons. The maximum Gasteiger partial charge on any atom is 0.308 e. The number of ether oxygens (including phenoxy) is 1. The number of likely N-dealkylation sites (N-methyl/N-ethyl adjacent to an activating group) is 1. The molecule has 2 fully saturated rings. The van der Waals surface area contributed by atoms with Crippen molar-refractivity contribution in [2.75, 3.05) is 26.7 Å². The Bertz CT molecular complexity index is 1170. The Hall–Kier alpha value is -2.38. The quantitative estimate of drug-likeness (QED) is 0.305. The number of hydrogen-bond donors (Lipinski definition) is 1. The molecule has 1 saturated heterocycles. The first-order valence-corrected chi connectivity index (χ1v) is 13.4. The van der Waals surface area contributed by atoms with E-state index in [1.54, 1.807) is 23.1 Å². The lowest BCUT2D eigenvalue weighted by atomic mass is 9.56. The van der Waals surface area contributed by atoms with Crippen LogP contribution in [0.3, 0.4) is 0 Å². The summed E-state index contributed by atoms with van der Waals surface area (Å²) in [4.78, 5) is 29.0. The van der Waals surface area contributed by atoms with Gasteiger partial charge in [-0.2, -0.15) is 0 Å². The van der Waals surface area contributed by atoms with Gasteiger partial charge in [-0.3, -0.25) is 14.5 Å². The van der Waals surface area contributed by atoms with E-state index in [-0.39, 0.29) is 35.7 Å². The molecule has 198 valence electrons. The molecule has 1 aliphatic heterocycles. The Morgan fingerprint density at radius 3 is 2.73 bits per heavy atom. The van der Waals surface area contributed by atoms with Crippen LogP contribution >= 0.6 is 23.2 Å². The van der Waals surface area contributed by atoms with Crippen LogP contribution in [0.1, 0.15) is 37.3 Å². The van der Waals surface area contributed by atoms with E-state index in [0.29, 0.717) is 28.6 Å². The van der Waals surface area contributed by atoms with Gasteiger partial charge in [-0.1, -0.05) is 47.5 Å². The number of carbonyl (C=O) groups is 2. The minimum Gasteiger partial charge on any atom is -0.427 e. The maximum absolute atomic E-state index is 13.3. The van der Waals surface area contributed by atoms with Gasteiger partial charge in [0.25, 0.3) is 0 Å². The third-order valence-electron chi connectivity index (χ3n) is 7.96. The van der Waals surface area contributed by atoms with Gasteiger partial charge in [-0.05, 0) is 61.2 Å². The number of benzene rings is 2. The van der Waals surface area contributed by atoms with E-state index in [1.165, 1.54) is 6.92 Å². The second-order valence-electron chi connectivity index (χ2n) is 10.3. The van der Waals surface area contributed by atoms with Crippen molar-refractivity contribution in [2.24, 2.45) is 5.92 Å². The fraction of sp³-hybridized carbons (Fsp3) is 0.448. The van der Waals surface area contributed by atoms with Crippen LogP contribution in [0.15, 0.2) is 55.1 Å². The number of halogens is 2.